The summed E-state index contributed by atoms with van der Waals surface area (Å²) < 4.78 is 0. The summed E-state index contributed by atoms with van der Waals surface area (Å²) >= 11 is 2.07. The van der Waals surface area contributed by atoms with Crippen LogP contribution in [0, 0.1) is 0 Å². The molecule has 1 aliphatic rings. The van der Waals surface area contributed by atoms with Crippen LogP contribution in [0.1, 0.15) is 19.3 Å². The highest BCUT2D eigenvalue weighted by atomic mass is 127. The van der Waals surface area contributed by atoms with Crippen LogP contribution in [-0.2, 0) is 0 Å². The Labute approximate surface area is 161 Å². The number of benzene rings is 1. The molecule has 23 heavy (non-hydrogen) atoms. The van der Waals surface area contributed by atoms with Crippen LogP contribution in [0.25, 0.3) is 0 Å². The van der Waals surface area contributed by atoms with Crippen molar-refractivity contribution in [2.24, 2.45) is 4.99 Å². The van der Waals surface area contributed by atoms with Gasteiger partial charge in [-0.1, -0.05) is 18.2 Å². The average Bonchev–Trinajstić information content (AvgIpc) is 3.08. The number of rotatable bonds is 7. The molecule has 0 aromatic heterocycles. The van der Waals surface area contributed by atoms with Gasteiger partial charge in [0.1, 0.15) is 0 Å². The third kappa shape index (κ3) is 7.65. The Morgan fingerprint density at radius 3 is 2.74 bits per heavy atom. The van der Waals surface area contributed by atoms with Gasteiger partial charge in [0.2, 0.25) is 0 Å². The molecule has 1 saturated heterocycles. The smallest absolute Gasteiger partial charge is 0.191 e. The van der Waals surface area contributed by atoms with E-state index in [1.165, 1.54) is 24.3 Å². The maximum absolute atomic E-state index is 4.30. The van der Waals surface area contributed by atoms with Gasteiger partial charge in [0.25, 0.3) is 0 Å². The molecule has 0 aliphatic carbocycles. The SMILES string of the molecule is CN=C(NCCCN(C)c1ccccc1)NCC1CCCS1.I. The lowest BCUT2D eigenvalue weighted by molar-refractivity contribution is 0.706. The van der Waals surface area contributed by atoms with Crippen molar-refractivity contribution in [2.75, 3.05) is 44.4 Å². The molecule has 1 aromatic carbocycles. The van der Waals surface area contributed by atoms with Crippen LogP contribution in [0.3, 0.4) is 0 Å². The Morgan fingerprint density at radius 1 is 1.30 bits per heavy atom. The minimum absolute atomic E-state index is 0. The number of para-hydroxylation sites is 1. The molecule has 1 unspecified atom stereocenters. The van der Waals surface area contributed by atoms with E-state index in [0.29, 0.717) is 0 Å². The van der Waals surface area contributed by atoms with Gasteiger partial charge < -0.3 is 15.5 Å². The number of hydrogen-bond acceptors (Lipinski definition) is 3. The van der Waals surface area contributed by atoms with Gasteiger partial charge in [-0.05, 0) is 37.1 Å². The van der Waals surface area contributed by atoms with E-state index in [2.05, 4.69) is 69.7 Å². The number of nitrogens with one attached hydrogen (secondary N) is 2. The molecular formula is C17H29IN4S. The highest BCUT2D eigenvalue weighted by molar-refractivity contribution is 14.0. The van der Waals surface area contributed by atoms with Crippen molar-refractivity contribution in [3.05, 3.63) is 30.3 Å². The van der Waals surface area contributed by atoms with E-state index in [4.69, 9.17) is 0 Å². The molecule has 4 nitrogen and oxygen atoms in total. The Kier molecular flexibility index (Phi) is 10.5. The van der Waals surface area contributed by atoms with Crippen LogP contribution in [0.4, 0.5) is 5.69 Å². The molecule has 1 fully saturated rings. The minimum atomic E-state index is 0. The minimum Gasteiger partial charge on any atom is -0.375 e. The molecule has 0 spiro atoms. The van der Waals surface area contributed by atoms with Crippen molar-refractivity contribution in [3.8, 4) is 0 Å². The molecule has 1 aromatic rings. The number of aliphatic imine (C=N–C) groups is 1. The predicted octanol–water partition coefficient (Wildman–Crippen LogP) is 3.19. The zero-order valence-electron chi connectivity index (χ0n) is 14.1. The number of hydrogen-bond donors (Lipinski definition) is 2. The van der Waals surface area contributed by atoms with Gasteiger partial charge in [0.15, 0.2) is 5.96 Å². The standard InChI is InChI=1S/C17H28N4S.HI/c1-18-17(20-14-16-10-6-13-22-16)19-11-7-12-21(2)15-8-4-3-5-9-15;/h3-5,8-9,16H,6-7,10-14H2,1-2H3,(H2,18,19,20);1H. The normalized spacial score (nSPS) is 17.5. The Bertz CT molecular complexity index is 449. The van der Waals surface area contributed by atoms with Crippen LogP contribution in [0.5, 0.6) is 0 Å². The number of halogens is 1. The fraction of sp³-hybridized carbons (Fsp3) is 0.588. The van der Waals surface area contributed by atoms with Gasteiger partial charge in [0, 0.05) is 44.7 Å². The molecule has 6 heteroatoms. The van der Waals surface area contributed by atoms with Crippen molar-refractivity contribution < 1.29 is 0 Å². The van der Waals surface area contributed by atoms with E-state index in [1.54, 1.807) is 0 Å². The first-order chi connectivity index (χ1) is 10.8. The lowest BCUT2D eigenvalue weighted by Crippen LogP contribution is -2.41. The van der Waals surface area contributed by atoms with Crippen molar-refractivity contribution in [2.45, 2.75) is 24.5 Å². The predicted molar refractivity (Wildman–Crippen MR) is 115 cm³/mol. The van der Waals surface area contributed by atoms with Gasteiger partial charge >= 0.3 is 0 Å². The summed E-state index contributed by atoms with van der Waals surface area (Å²) in [6.45, 7) is 3.00. The molecule has 0 radical (unpaired) electrons. The molecule has 0 amide bonds. The molecule has 130 valence electrons. The third-order valence-corrected chi connectivity index (χ3v) is 5.30. The monoisotopic (exact) mass is 448 g/mol. The summed E-state index contributed by atoms with van der Waals surface area (Å²) in [5.74, 6) is 2.24. The zero-order valence-corrected chi connectivity index (χ0v) is 17.3. The highest BCUT2D eigenvalue weighted by Gasteiger charge is 2.15. The molecule has 0 saturated carbocycles. The van der Waals surface area contributed by atoms with Crippen molar-refractivity contribution in [3.63, 3.8) is 0 Å². The lowest BCUT2D eigenvalue weighted by atomic mass is 10.2. The summed E-state index contributed by atoms with van der Waals surface area (Å²) in [6, 6.07) is 10.5. The first kappa shape index (κ1) is 20.4. The van der Waals surface area contributed by atoms with Crippen LogP contribution >= 0.6 is 35.7 Å². The largest absolute Gasteiger partial charge is 0.375 e. The number of thioether (sulfide) groups is 1. The molecule has 1 atom stereocenters. The molecular weight excluding hydrogens is 419 g/mol. The first-order valence-electron chi connectivity index (χ1n) is 8.12. The molecule has 2 rings (SSSR count). The van der Waals surface area contributed by atoms with Gasteiger partial charge in [-0.15, -0.1) is 24.0 Å². The van der Waals surface area contributed by atoms with E-state index in [9.17, 15) is 0 Å². The maximum atomic E-state index is 4.30. The molecule has 1 heterocycles. The van der Waals surface area contributed by atoms with Crippen molar-refractivity contribution >= 4 is 47.4 Å². The third-order valence-electron chi connectivity index (χ3n) is 3.90. The lowest BCUT2D eigenvalue weighted by Gasteiger charge is -2.20. The molecule has 1 aliphatic heterocycles. The second-order valence-electron chi connectivity index (χ2n) is 5.63. The maximum Gasteiger partial charge on any atom is 0.191 e. The average molecular weight is 448 g/mol. The second-order valence-corrected chi connectivity index (χ2v) is 7.03. The fourth-order valence-corrected chi connectivity index (χ4v) is 3.77. The van der Waals surface area contributed by atoms with E-state index < -0.39 is 0 Å². The summed E-state index contributed by atoms with van der Waals surface area (Å²) in [5.41, 5.74) is 1.27. The number of nitrogens with zero attached hydrogens (tertiary/aromatic N) is 2. The number of anilines is 1. The van der Waals surface area contributed by atoms with Crippen LogP contribution in [-0.4, -0.2) is 50.7 Å². The van der Waals surface area contributed by atoms with Crippen LogP contribution in [0.2, 0.25) is 0 Å². The topological polar surface area (TPSA) is 39.7 Å². The van der Waals surface area contributed by atoms with Gasteiger partial charge in [-0.25, -0.2) is 0 Å². The zero-order chi connectivity index (χ0) is 15.6. The molecule has 2 N–H and O–H groups in total. The Morgan fingerprint density at radius 2 is 2.09 bits per heavy atom. The summed E-state index contributed by atoms with van der Waals surface area (Å²) in [6.07, 6.45) is 3.77. The van der Waals surface area contributed by atoms with E-state index in [-0.39, 0.29) is 24.0 Å². The van der Waals surface area contributed by atoms with Crippen molar-refractivity contribution in [1.29, 1.82) is 0 Å². The van der Waals surface area contributed by atoms with E-state index >= 15 is 0 Å². The van der Waals surface area contributed by atoms with Gasteiger partial charge in [0.05, 0.1) is 0 Å². The Hall–Kier alpha value is -0.630. The number of guanidine groups is 1. The summed E-state index contributed by atoms with van der Waals surface area (Å²) in [4.78, 5) is 6.58. The molecule has 0 bridgehead atoms. The summed E-state index contributed by atoms with van der Waals surface area (Å²) in [5, 5.41) is 7.59. The van der Waals surface area contributed by atoms with Crippen LogP contribution < -0.4 is 15.5 Å². The van der Waals surface area contributed by atoms with E-state index in [0.717, 1.165) is 37.3 Å². The second kappa shape index (κ2) is 11.8. The van der Waals surface area contributed by atoms with Crippen molar-refractivity contribution in [1.82, 2.24) is 10.6 Å². The van der Waals surface area contributed by atoms with E-state index in [1.807, 2.05) is 7.05 Å². The van der Waals surface area contributed by atoms with Gasteiger partial charge in [-0.3, -0.25) is 4.99 Å². The highest BCUT2D eigenvalue weighted by Crippen LogP contribution is 2.25. The van der Waals surface area contributed by atoms with Gasteiger partial charge in [-0.2, -0.15) is 11.8 Å². The quantitative estimate of drug-likeness (QED) is 0.291. The summed E-state index contributed by atoms with van der Waals surface area (Å²) in [7, 11) is 3.98. The fourth-order valence-electron chi connectivity index (χ4n) is 2.57. The Balaban J connectivity index is 0.00000264. The first-order valence-corrected chi connectivity index (χ1v) is 9.17. The van der Waals surface area contributed by atoms with Crippen LogP contribution in [0.15, 0.2) is 35.3 Å².